The van der Waals surface area contributed by atoms with Crippen LogP contribution in [0.4, 0.5) is 24.9 Å². The molecule has 3 unspecified atom stereocenters. The Balaban J connectivity index is 1.28. The van der Waals surface area contributed by atoms with Gasteiger partial charge in [0.05, 0.1) is 5.69 Å². The topological polar surface area (TPSA) is 61.6 Å². The van der Waals surface area contributed by atoms with E-state index in [1.807, 2.05) is 47.0 Å². The van der Waals surface area contributed by atoms with Crippen LogP contribution < -0.4 is 10.2 Å². The third-order valence-electron chi connectivity index (χ3n) is 7.60. The van der Waals surface area contributed by atoms with Crippen LogP contribution in [0.25, 0.3) is 16.9 Å². The van der Waals surface area contributed by atoms with E-state index in [-0.39, 0.29) is 18.1 Å². The molecule has 6 rings (SSSR count). The molecule has 7 nitrogen and oxygen atoms in total. The maximum atomic E-state index is 13.4. The minimum absolute atomic E-state index is 0.0236. The van der Waals surface area contributed by atoms with Gasteiger partial charge in [0.15, 0.2) is 0 Å². The van der Waals surface area contributed by atoms with Gasteiger partial charge in [-0.3, -0.25) is 9.30 Å². The first-order valence-corrected chi connectivity index (χ1v) is 12.5. The molecular formula is C27H28F3N7. The number of fused-ring (bicyclic) bond motifs is 3. The van der Waals surface area contributed by atoms with E-state index in [4.69, 9.17) is 4.98 Å². The Hall–Kier alpha value is -3.66. The second-order valence-corrected chi connectivity index (χ2v) is 9.91. The number of benzene rings is 1. The molecule has 1 aromatic carbocycles. The van der Waals surface area contributed by atoms with E-state index in [2.05, 4.69) is 39.2 Å². The summed E-state index contributed by atoms with van der Waals surface area (Å²) in [5.41, 5.74) is 3.54. The van der Waals surface area contributed by atoms with E-state index in [1.54, 1.807) is 17.3 Å². The first-order chi connectivity index (χ1) is 17.8. The van der Waals surface area contributed by atoms with Crippen LogP contribution in [-0.4, -0.2) is 61.6 Å². The smallest absolute Gasteiger partial charge is 0.364 e. The summed E-state index contributed by atoms with van der Waals surface area (Å²) in [5, 5.41) is 3.45. The predicted molar refractivity (Wildman–Crippen MR) is 136 cm³/mol. The number of likely N-dealkylation sites (tertiary alicyclic amines) is 1. The summed E-state index contributed by atoms with van der Waals surface area (Å²) in [7, 11) is 0. The number of piperazine rings is 1. The molecule has 2 saturated heterocycles. The number of alkyl halides is 3. The number of anilines is 2. The monoisotopic (exact) mass is 507 g/mol. The van der Waals surface area contributed by atoms with E-state index in [0.717, 1.165) is 28.3 Å². The Labute approximate surface area is 213 Å². The number of hydrogen-bond donors (Lipinski definition) is 1. The lowest BCUT2D eigenvalue weighted by Crippen LogP contribution is -2.54. The SMILES string of the molecule is CC(N1CC2CC1CN2c1nc(-c2ccnc(N[C@@H](C)c3ccccc3)c2)cc2nccn12)C(F)(F)F. The zero-order chi connectivity index (χ0) is 25.7. The van der Waals surface area contributed by atoms with E-state index in [9.17, 15) is 13.2 Å². The van der Waals surface area contributed by atoms with Gasteiger partial charge in [0.2, 0.25) is 5.95 Å². The second kappa shape index (κ2) is 9.02. The van der Waals surface area contributed by atoms with Gasteiger partial charge in [0.25, 0.3) is 0 Å². The maximum Gasteiger partial charge on any atom is 0.403 e. The summed E-state index contributed by atoms with van der Waals surface area (Å²) in [5.74, 6) is 1.44. The summed E-state index contributed by atoms with van der Waals surface area (Å²) in [4.78, 5) is 17.7. The Morgan fingerprint density at radius 1 is 0.973 bits per heavy atom. The van der Waals surface area contributed by atoms with Crippen LogP contribution >= 0.6 is 0 Å². The van der Waals surface area contributed by atoms with Gasteiger partial charge >= 0.3 is 6.18 Å². The fourth-order valence-corrected chi connectivity index (χ4v) is 5.58. The third-order valence-corrected chi connectivity index (χ3v) is 7.60. The Kier molecular flexibility index (Phi) is 5.78. The van der Waals surface area contributed by atoms with Crippen molar-refractivity contribution in [1.82, 2.24) is 24.3 Å². The molecule has 0 aliphatic carbocycles. The molecule has 4 aromatic rings. The van der Waals surface area contributed by atoms with Gasteiger partial charge in [-0.1, -0.05) is 30.3 Å². The lowest BCUT2D eigenvalue weighted by molar-refractivity contribution is -0.181. The average molecular weight is 508 g/mol. The number of rotatable bonds is 6. The molecule has 2 aliphatic rings. The summed E-state index contributed by atoms with van der Waals surface area (Å²) >= 11 is 0. The van der Waals surface area contributed by atoms with Gasteiger partial charge in [-0.15, -0.1) is 0 Å². The Morgan fingerprint density at radius 3 is 2.51 bits per heavy atom. The molecule has 1 N–H and O–H groups in total. The molecule has 0 radical (unpaired) electrons. The first kappa shape index (κ1) is 23.7. The molecule has 37 heavy (non-hydrogen) atoms. The van der Waals surface area contributed by atoms with Crippen molar-refractivity contribution in [2.24, 2.45) is 0 Å². The van der Waals surface area contributed by atoms with Crippen LogP contribution in [0.5, 0.6) is 0 Å². The largest absolute Gasteiger partial charge is 0.403 e. The number of nitrogens with one attached hydrogen (secondary N) is 1. The fourth-order valence-electron chi connectivity index (χ4n) is 5.58. The summed E-state index contributed by atoms with van der Waals surface area (Å²) in [6.07, 6.45) is 1.79. The minimum Gasteiger partial charge on any atom is -0.364 e. The second-order valence-electron chi connectivity index (χ2n) is 9.91. The highest BCUT2D eigenvalue weighted by atomic mass is 19.4. The molecule has 10 heteroatoms. The minimum atomic E-state index is -4.23. The standard InChI is InChI=1S/C27H28F3N7/c1-17(19-6-4-3-5-7-19)33-24-12-20(8-9-31-24)23-14-25-32-10-11-35(25)26(34-23)37-16-21-13-22(37)15-36(21)18(2)27(28,29)30/h3-12,14,17-18,21-22H,13,15-16H2,1-2H3,(H,31,33)/t17-,18?,21?,22?/m0/s1. The molecule has 2 fully saturated rings. The van der Waals surface area contributed by atoms with Gasteiger partial charge in [0.1, 0.15) is 17.5 Å². The molecule has 0 amide bonds. The molecule has 4 atom stereocenters. The van der Waals surface area contributed by atoms with Gasteiger partial charge in [0, 0.05) is 61.4 Å². The molecule has 0 saturated carbocycles. The quantitative estimate of drug-likeness (QED) is 0.388. The van der Waals surface area contributed by atoms with E-state index in [0.29, 0.717) is 25.5 Å². The normalized spacial score (nSPS) is 21.5. The number of imidazole rings is 1. The molecule has 5 heterocycles. The average Bonchev–Trinajstić information content (AvgIpc) is 3.63. The lowest BCUT2D eigenvalue weighted by Gasteiger charge is -2.38. The maximum absolute atomic E-state index is 13.4. The fraction of sp³-hybridized carbons (Fsp3) is 0.370. The highest BCUT2D eigenvalue weighted by Crippen LogP contribution is 2.39. The molecule has 0 spiro atoms. The molecule has 2 aliphatic heterocycles. The Morgan fingerprint density at radius 2 is 1.78 bits per heavy atom. The molecule has 2 bridgehead atoms. The number of pyridine rings is 1. The zero-order valence-corrected chi connectivity index (χ0v) is 20.6. The van der Waals surface area contributed by atoms with Crippen LogP contribution in [0.15, 0.2) is 67.1 Å². The van der Waals surface area contributed by atoms with Gasteiger partial charge in [-0.25, -0.2) is 15.0 Å². The van der Waals surface area contributed by atoms with Gasteiger partial charge in [-0.05, 0) is 38.0 Å². The van der Waals surface area contributed by atoms with Crippen molar-refractivity contribution in [2.45, 2.75) is 50.6 Å². The highest BCUT2D eigenvalue weighted by Gasteiger charge is 2.51. The van der Waals surface area contributed by atoms with Crippen LogP contribution in [0.1, 0.15) is 31.9 Å². The van der Waals surface area contributed by atoms with Crippen LogP contribution in [0.2, 0.25) is 0 Å². The van der Waals surface area contributed by atoms with E-state index >= 15 is 0 Å². The number of nitrogens with zero attached hydrogens (tertiary/aromatic N) is 6. The summed E-state index contributed by atoms with van der Waals surface area (Å²) in [6.45, 7) is 4.22. The predicted octanol–water partition coefficient (Wildman–Crippen LogP) is 5.18. The van der Waals surface area contributed by atoms with Gasteiger partial charge in [-0.2, -0.15) is 13.2 Å². The van der Waals surface area contributed by atoms with E-state index < -0.39 is 12.2 Å². The number of halogens is 3. The highest BCUT2D eigenvalue weighted by molar-refractivity contribution is 5.68. The summed E-state index contributed by atoms with van der Waals surface area (Å²) in [6, 6.07) is 14.4. The van der Waals surface area contributed by atoms with Gasteiger partial charge < -0.3 is 10.2 Å². The van der Waals surface area contributed by atoms with Crippen molar-refractivity contribution in [3.05, 3.63) is 72.7 Å². The number of aromatic nitrogens is 4. The van der Waals surface area contributed by atoms with Crippen molar-refractivity contribution >= 4 is 17.4 Å². The van der Waals surface area contributed by atoms with Crippen LogP contribution in [-0.2, 0) is 0 Å². The molecular weight excluding hydrogens is 479 g/mol. The van der Waals surface area contributed by atoms with Crippen molar-refractivity contribution in [2.75, 3.05) is 23.3 Å². The molecule has 192 valence electrons. The van der Waals surface area contributed by atoms with Crippen molar-refractivity contribution in [1.29, 1.82) is 0 Å². The van der Waals surface area contributed by atoms with Crippen molar-refractivity contribution in [3.8, 4) is 11.3 Å². The van der Waals surface area contributed by atoms with Crippen LogP contribution in [0, 0.1) is 0 Å². The molecule has 3 aromatic heterocycles. The number of hydrogen-bond acceptors (Lipinski definition) is 6. The van der Waals surface area contributed by atoms with E-state index in [1.165, 1.54) is 6.92 Å². The first-order valence-electron chi connectivity index (χ1n) is 12.5. The lowest BCUT2D eigenvalue weighted by atomic mass is 10.1. The zero-order valence-electron chi connectivity index (χ0n) is 20.6. The Bertz CT molecular complexity index is 1400. The summed E-state index contributed by atoms with van der Waals surface area (Å²) < 4.78 is 42.0. The van der Waals surface area contributed by atoms with Crippen molar-refractivity contribution < 1.29 is 13.2 Å². The van der Waals surface area contributed by atoms with Crippen molar-refractivity contribution in [3.63, 3.8) is 0 Å². The third kappa shape index (κ3) is 4.39. The van der Waals surface area contributed by atoms with Crippen LogP contribution in [0.3, 0.4) is 0 Å².